The standard InChI is InChI=1S/C16H24N2O2S/c1-2-21-12-7-16(19)17-13-14-5-3-4-6-15(14)18-8-10-20-11-9-18/h3-6H,2,7-13H2,1H3,(H,17,19). The van der Waals surface area contributed by atoms with Crippen molar-refractivity contribution >= 4 is 23.4 Å². The molecule has 1 N–H and O–H groups in total. The molecule has 0 spiro atoms. The lowest BCUT2D eigenvalue weighted by molar-refractivity contribution is -0.120. The number of nitrogens with one attached hydrogen (secondary N) is 1. The minimum absolute atomic E-state index is 0.132. The number of thioether (sulfide) groups is 1. The molecule has 1 heterocycles. The van der Waals surface area contributed by atoms with Crippen molar-refractivity contribution in [1.29, 1.82) is 0 Å². The molecule has 21 heavy (non-hydrogen) atoms. The van der Waals surface area contributed by atoms with Crippen molar-refractivity contribution in [2.24, 2.45) is 0 Å². The first-order chi connectivity index (χ1) is 10.3. The molecule has 116 valence electrons. The Balaban J connectivity index is 1.89. The summed E-state index contributed by atoms with van der Waals surface area (Å²) in [7, 11) is 0. The number of hydrogen-bond acceptors (Lipinski definition) is 4. The van der Waals surface area contributed by atoms with Crippen molar-refractivity contribution in [3.63, 3.8) is 0 Å². The first-order valence-electron chi connectivity index (χ1n) is 7.56. The quantitative estimate of drug-likeness (QED) is 0.785. The first kappa shape index (κ1) is 16.2. The van der Waals surface area contributed by atoms with Crippen LogP contribution in [0, 0.1) is 0 Å². The zero-order chi connectivity index (χ0) is 14.9. The summed E-state index contributed by atoms with van der Waals surface area (Å²) in [6.07, 6.45) is 0.595. The fourth-order valence-electron chi connectivity index (χ4n) is 2.36. The largest absolute Gasteiger partial charge is 0.378 e. The molecule has 1 aromatic rings. The number of anilines is 1. The monoisotopic (exact) mass is 308 g/mol. The fraction of sp³-hybridized carbons (Fsp3) is 0.562. The summed E-state index contributed by atoms with van der Waals surface area (Å²) in [6.45, 7) is 6.09. The molecule has 0 saturated carbocycles. The van der Waals surface area contributed by atoms with Gasteiger partial charge in [-0.25, -0.2) is 0 Å². The summed E-state index contributed by atoms with van der Waals surface area (Å²) in [5.41, 5.74) is 2.39. The van der Waals surface area contributed by atoms with Crippen LogP contribution < -0.4 is 10.2 Å². The first-order valence-corrected chi connectivity index (χ1v) is 8.71. The van der Waals surface area contributed by atoms with Crippen LogP contribution in [0.2, 0.25) is 0 Å². The highest BCUT2D eigenvalue weighted by molar-refractivity contribution is 7.99. The Hall–Kier alpha value is -1.20. The molecule has 4 nitrogen and oxygen atoms in total. The van der Waals surface area contributed by atoms with Crippen LogP contribution in [0.3, 0.4) is 0 Å². The predicted octanol–water partition coefficient (Wildman–Crippen LogP) is 2.28. The maximum Gasteiger partial charge on any atom is 0.221 e. The second-order valence-electron chi connectivity index (χ2n) is 4.95. The average Bonchev–Trinajstić information content (AvgIpc) is 2.54. The van der Waals surface area contributed by atoms with Crippen molar-refractivity contribution in [2.45, 2.75) is 19.9 Å². The molecule has 5 heteroatoms. The second-order valence-corrected chi connectivity index (χ2v) is 6.35. The van der Waals surface area contributed by atoms with Gasteiger partial charge in [-0.2, -0.15) is 11.8 Å². The Morgan fingerprint density at radius 1 is 1.33 bits per heavy atom. The van der Waals surface area contributed by atoms with E-state index < -0.39 is 0 Å². The third-order valence-corrected chi connectivity index (χ3v) is 4.40. The molecule has 1 amide bonds. The van der Waals surface area contributed by atoms with Gasteiger partial charge in [0.05, 0.1) is 13.2 Å². The minimum atomic E-state index is 0.132. The Bertz CT molecular complexity index is 448. The molecule has 2 rings (SSSR count). The average molecular weight is 308 g/mol. The molecule has 1 aromatic carbocycles. The molecule has 0 unspecified atom stereocenters. The van der Waals surface area contributed by atoms with Gasteiger partial charge in [0.1, 0.15) is 0 Å². The number of para-hydroxylation sites is 1. The van der Waals surface area contributed by atoms with E-state index in [4.69, 9.17) is 4.74 Å². The van der Waals surface area contributed by atoms with Gasteiger partial charge in [-0.1, -0.05) is 25.1 Å². The molecule has 0 atom stereocenters. The maximum atomic E-state index is 11.8. The van der Waals surface area contributed by atoms with E-state index in [-0.39, 0.29) is 5.91 Å². The highest BCUT2D eigenvalue weighted by Gasteiger charge is 2.14. The van der Waals surface area contributed by atoms with Gasteiger partial charge < -0.3 is 15.0 Å². The topological polar surface area (TPSA) is 41.6 Å². The van der Waals surface area contributed by atoms with E-state index in [9.17, 15) is 4.79 Å². The third kappa shape index (κ3) is 5.25. The zero-order valence-electron chi connectivity index (χ0n) is 12.6. The van der Waals surface area contributed by atoms with E-state index >= 15 is 0 Å². The number of rotatable bonds is 7. The SMILES string of the molecule is CCSCCC(=O)NCc1ccccc1N1CCOCC1. The summed E-state index contributed by atoms with van der Waals surface area (Å²) >= 11 is 1.80. The number of nitrogens with zero attached hydrogens (tertiary/aromatic N) is 1. The van der Waals surface area contributed by atoms with Crippen molar-refractivity contribution in [3.05, 3.63) is 29.8 Å². The van der Waals surface area contributed by atoms with E-state index in [0.29, 0.717) is 13.0 Å². The zero-order valence-corrected chi connectivity index (χ0v) is 13.5. The van der Waals surface area contributed by atoms with E-state index in [0.717, 1.165) is 37.8 Å². The number of carbonyl (C=O) groups excluding carboxylic acids is 1. The summed E-state index contributed by atoms with van der Waals surface area (Å²) in [4.78, 5) is 14.2. The molecule has 0 aliphatic carbocycles. The molecular weight excluding hydrogens is 284 g/mol. The van der Waals surface area contributed by atoms with Gasteiger partial charge in [0.15, 0.2) is 0 Å². The Morgan fingerprint density at radius 3 is 2.86 bits per heavy atom. The van der Waals surface area contributed by atoms with Crippen LogP contribution in [0.1, 0.15) is 18.9 Å². The van der Waals surface area contributed by atoms with Crippen LogP contribution in [-0.2, 0) is 16.1 Å². The van der Waals surface area contributed by atoms with Crippen LogP contribution in [-0.4, -0.2) is 43.7 Å². The number of ether oxygens (including phenoxy) is 1. The number of amides is 1. The van der Waals surface area contributed by atoms with E-state index in [2.05, 4.69) is 29.3 Å². The van der Waals surface area contributed by atoms with Crippen molar-refractivity contribution in [1.82, 2.24) is 5.32 Å². The summed E-state index contributed by atoms with van der Waals surface area (Å²) in [6, 6.07) is 8.29. The molecule has 1 aliphatic heterocycles. The summed E-state index contributed by atoms with van der Waals surface area (Å²) < 4.78 is 5.40. The summed E-state index contributed by atoms with van der Waals surface area (Å²) in [5, 5.41) is 3.03. The van der Waals surface area contributed by atoms with E-state index in [1.165, 1.54) is 11.3 Å². The molecule has 0 radical (unpaired) electrons. The lowest BCUT2D eigenvalue weighted by atomic mass is 10.1. The van der Waals surface area contributed by atoms with Crippen LogP contribution in [0.5, 0.6) is 0 Å². The smallest absolute Gasteiger partial charge is 0.221 e. The fourth-order valence-corrected chi connectivity index (χ4v) is 2.98. The van der Waals surface area contributed by atoms with Gasteiger partial charge in [0, 0.05) is 37.5 Å². The third-order valence-electron chi connectivity index (χ3n) is 3.50. The predicted molar refractivity (Wildman–Crippen MR) is 88.9 cm³/mol. The summed E-state index contributed by atoms with van der Waals surface area (Å²) in [5.74, 6) is 2.09. The van der Waals surface area contributed by atoms with Crippen LogP contribution in [0.25, 0.3) is 0 Å². The van der Waals surface area contributed by atoms with Crippen LogP contribution in [0.4, 0.5) is 5.69 Å². The number of morpholine rings is 1. The van der Waals surface area contributed by atoms with Gasteiger partial charge in [-0.15, -0.1) is 0 Å². The number of hydrogen-bond donors (Lipinski definition) is 1. The van der Waals surface area contributed by atoms with Crippen molar-refractivity contribution < 1.29 is 9.53 Å². The van der Waals surface area contributed by atoms with Crippen LogP contribution >= 0.6 is 11.8 Å². The molecule has 1 saturated heterocycles. The van der Waals surface area contributed by atoms with Gasteiger partial charge >= 0.3 is 0 Å². The highest BCUT2D eigenvalue weighted by Crippen LogP contribution is 2.21. The van der Waals surface area contributed by atoms with Crippen molar-refractivity contribution in [2.75, 3.05) is 42.7 Å². The van der Waals surface area contributed by atoms with Gasteiger partial charge in [0.25, 0.3) is 0 Å². The van der Waals surface area contributed by atoms with Crippen LogP contribution in [0.15, 0.2) is 24.3 Å². The van der Waals surface area contributed by atoms with E-state index in [1.54, 1.807) is 11.8 Å². The Morgan fingerprint density at radius 2 is 2.10 bits per heavy atom. The lowest BCUT2D eigenvalue weighted by Gasteiger charge is -2.30. The van der Waals surface area contributed by atoms with Gasteiger partial charge in [0.2, 0.25) is 5.91 Å². The highest BCUT2D eigenvalue weighted by atomic mass is 32.2. The second kappa shape index (κ2) is 8.95. The molecule has 1 fully saturated rings. The molecule has 0 aromatic heterocycles. The number of benzene rings is 1. The Kier molecular flexibility index (Phi) is 6.89. The maximum absolute atomic E-state index is 11.8. The van der Waals surface area contributed by atoms with Gasteiger partial charge in [-0.05, 0) is 17.4 Å². The minimum Gasteiger partial charge on any atom is -0.378 e. The molecular formula is C16H24N2O2S. The van der Waals surface area contributed by atoms with Crippen molar-refractivity contribution in [3.8, 4) is 0 Å². The van der Waals surface area contributed by atoms with E-state index in [1.807, 2.05) is 12.1 Å². The molecule has 0 bridgehead atoms. The Labute approximate surface area is 131 Å². The van der Waals surface area contributed by atoms with Gasteiger partial charge in [-0.3, -0.25) is 4.79 Å². The molecule has 1 aliphatic rings. The number of carbonyl (C=O) groups is 1. The lowest BCUT2D eigenvalue weighted by Crippen LogP contribution is -2.37. The normalized spacial score (nSPS) is 15.0.